The van der Waals surface area contributed by atoms with Crippen LogP contribution in [-0.4, -0.2) is 29.4 Å². The van der Waals surface area contributed by atoms with Crippen LogP contribution in [0.15, 0.2) is 36.4 Å². The smallest absolute Gasteiger partial charge is 0.416 e. The van der Waals surface area contributed by atoms with Crippen molar-refractivity contribution >= 4 is 28.9 Å². The summed E-state index contributed by atoms with van der Waals surface area (Å²) in [6.45, 7) is 4.34. The fourth-order valence-corrected chi connectivity index (χ4v) is 2.59. The van der Waals surface area contributed by atoms with Crippen molar-refractivity contribution in [3.8, 4) is 0 Å². The number of rotatable bonds is 7. The summed E-state index contributed by atoms with van der Waals surface area (Å²) in [6, 6.07) is 6.17. The lowest BCUT2D eigenvalue weighted by Gasteiger charge is -2.16. The van der Waals surface area contributed by atoms with Crippen LogP contribution in [0.4, 0.5) is 30.2 Å². The van der Waals surface area contributed by atoms with Crippen LogP contribution in [0.25, 0.3) is 0 Å². The fraction of sp³-hybridized carbons (Fsp3) is 0.300. The zero-order valence-corrected chi connectivity index (χ0v) is 16.9. The van der Waals surface area contributed by atoms with Crippen LogP contribution in [0, 0.1) is 24.0 Å². The van der Waals surface area contributed by atoms with Crippen molar-refractivity contribution in [1.29, 1.82) is 0 Å². The van der Waals surface area contributed by atoms with E-state index in [1.807, 2.05) is 19.1 Å². The van der Waals surface area contributed by atoms with Gasteiger partial charge in [0, 0.05) is 11.8 Å². The lowest BCUT2D eigenvalue weighted by Crippen LogP contribution is -2.31. The second kappa shape index (κ2) is 9.45. The number of nitro benzene ring substituents is 1. The van der Waals surface area contributed by atoms with E-state index in [-0.39, 0.29) is 5.69 Å². The number of nitrogens with zero attached hydrogens (tertiary/aromatic N) is 1. The van der Waals surface area contributed by atoms with Gasteiger partial charge in [0.05, 0.1) is 10.5 Å². The van der Waals surface area contributed by atoms with Gasteiger partial charge >= 0.3 is 12.1 Å². The number of hydrogen-bond donors (Lipinski definition) is 2. The maximum atomic E-state index is 12.8. The number of nitro groups is 1. The Kier molecular flexibility index (Phi) is 7.21. The lowest BCUT2D eigenvalue weighted by molar-refractivity contribution is -0.384. The van der Waals surface area contributed by atoms with Gasteiger partial charge in [0.15, 0.2) is 6.61 Å². The topological polar surface area (TPSA) is 111 Å². The molecule has 0 spiro atoms. The number of nitrogens with one attached hydrogen (secondary N) is 2. The van der Waals surface area contributed by atoms with Crippen LogP contribution < -0.4 is 10.6 Å². The Morgan fingerprint density at radius 2 is 1.81 bits per heavy atom. The highest BCUT2D eigenvalue weighted by atomic mass is 19.4. The molecule has 0 saturated heterocycles. The molecule has 2 N–H and O–H groups in total. The van der Waals surface area contributed by atoms with Gasteiger partial charge in [0.1, 0.15) is 11.7 Å². The Hall–Kier alpha value is -3.63. The van der Waals surface area contributed by atoms with Crippen LogP contribution in [0.1, 0.15) is 23.6 Å². The number of benzene rings is 2. The van der Waals surface area contributed by atoms with Gasteiger partial charge in [-0.2, -0.15) is 13.2 Å². The van der Waals surface area contributed by atoms with E-state index < -0.39 is 46.9 Å². The number of alkyl halides is 3. The molecule has 0 unspecified atom stereocenters. The Morgan fingerprint density at radius 3 is 2.42 bits per heavy atom. The number of esters is 1. The fourth-order valence-electron chi connectivity index (χ4n) is 2.59. The van der Waals surface area contributed by atoms with Gasteiger partial charge in [-0.15, -0.1) is 0 Å². The molecule has 1 atom stereocenters. The summed E-state index contributed by atoms with van der Waals surface area (Å²) in [5.74, 6) is -1.50. The van der Waals surface area contributed by atoms with Gasteiger partial charge in [-0.3, -0.25) is 14.9 Å². The molecule has 0 heterocycles. The molecular formula is C20H20F3N3O5. The summed E-state index contributed by atoms with van der Waals surface area (Å²) >= 11 is 0. The van der Waals surface area contributed by atoms with E-state index in [9.17, 15) is 32.9 Å². The van der Waals surface area contributed by atoms with E-state index in [1.54, 1.807) is 13.0 Å². The lowest BCUT2D eigenvalue weighted by atomic mass is 10.1. The van der Waals surface area contributed by atoms with Gasteiger partial charge < -0.3 is 15.4 Å². The third-order valence-corrected chi connectivity index (χ3v) is 4.26. The molecule has 0 aromatic heterocycles. The molecular weight excluding hydrogens is 419 g/mol. The van der Waals surface area contributed by atoms with Crippen LogP contribution in [-0.2, 0) is 20.5 Å². The third kappa shape index (κ3) is 6.43. The number of anilines is 2. The van der Waals surface area contributed by atoms with Gasteiger partial charge in [-0.1, -0.05) is 12.1 Å². The summed E-state index contributed by atoms with van der Waals surface area (Å²) in [5, 5.41) is 16.2. The Morgan fingerprint density at radius 1 is 1.13 bits per heavy atom. The average Bonchev–Trinajstić information content (AvgIpc) is 2.68. The molecule has 0 aliphatic carbocycles. The molecule has 2 rings (SSSR count). The summed E-state index contributed by atoms with van der Waals surface area (Å²) in [5.41, 5.74) is -0.0242. The summed E-state index contributed by atoms with van der Waals surface area (Å²) < 4.78 is 43.2. The zero-order chi connectivity index (χ0) is 23.3. The van der Waals surface area contributed by atoms with Crippen LogP contribution in [0.5, 0.6) is 0 Å². The minimum absolute atomic E-state index is 0.290. The molecule has 11 heteroatoms. The molecule has 31 heavy (non-hydrogen) atoms. The molecule has 166 valence electrons. The number of halogens is 3. The molecule has 0 aliphatic rings. The average molecular weight is 439 g/mol. The first-order valence-corrected chi connectivity index (χ1v) is 9.04. The SMILES string of the molecule is Cc1ccc(C)c(NC(=O)COC(=O)[C@H](C)Nc2ccc(C(F)(F)F)cc2[N+](=O)[O-])c1. The van der Waals surface area contributed by atoms with Crippen LogP contribution in [0.2, 0.25) is 0 Å². The zero-order valence-electron chi connectivity index (χ0n) is 16.9. The van der Waals surface area contributed by atoms with E-state index in [4.69, 9.17) is 4.74 Å². The normalized spacial score (nSPS) is 12.1. The second-order valence-corrected chi connectivity index (χ2v) is 6.83. The van der Waals surface area contributed by atoms with Crippen LogP contribution >= 0.6 is 0 Å². The Balaban J connectivity index is 2.00. The predicted molar refractivity (Wildman–Crippen MR) is 107 cm³/mol. The second-order valence-electron chi connectivity index (χ2n) is 6.83. The van der Waals surface area contributed by atoms with E-state index in [1.165, 1.54) is 6.92 Å². The summed E-state index contributed by atoms with van der Waals surface area (Å²) in [6.07, 6.45) is -4.75. The molecule has 0 bridgehead atoms. The molecule has 1 amide bonds. The predicted octanol–water partition coefficient (Wildman–Crippen LogP) is 4.21. The number of aryl methyl sites for hydroxylation is 2. The molecule has 2 aromatic rings. The minimum Gasteiger partial charge on any atom is -0.454 e. The molecule has 2 aromatic carbocycles. The Labute approximate surface area is 175 Å². The molecule has 0 fully saturated rings. The first kappa shape index (κ1) is 23.6. The van der Waals surface area contributed by atoms with E-state index in [2.05, 4.69) is 10.6 Å². The van der Waals surface area contributed by atoms with Crippen molar-refractivity contribution in [3.05, 3.63) is 63.2 Å². The van der Waals surface area contributed by atoms with E-state index in [0.29, 0.717) is 17.8 Å². The van der Waals surface area contributed by atoms with Crippen molar-refractivity contribution in [1.82, 2.24) is 0 Å². The minimum atomic E-state index is -4.75. The quantitative estimate of drug-likeness (QED) is 0.380. The van der Waals surface area contributed by atoms with E-state index in [0.717, 1.165) is 17.2 Å². The molecule has 0 saturated carbocycles. The highest BCUT2D eigenvalue weighted by molar-refractivity contribution is 5.94. The summed E-state index contributed by atoms with van der Waals surface area (Å²) in [4.78, 5) is 34.3. The van der Waals surface area contributed by atoms with Gasteiger partial charge in [0.25, 0.3) is 11.6 Å². The highest BCUT2D eigenvalue weighted by Crippen LogP contribution is 2.35. The van der Waals surface area contributed by atoms with Crippen molar-refractivity contribution in [3.63, 3.8) is 0 Å². The monoisotopic (exact) mass is 439 g/mol. The van der Waals surface area contributed by atoms with Gasteiger partial charge in [0.2, 0.25) is 0 Å². The van der Waals surface area contributed by atoms with Gasteiger partial charge in [-0.05, 0) is 50.1 Å². The van der Waals surface area contributed by atoms with Crippen molar-refractivity contribution in [2.45, 2.75) is 33.0 Å². The number of carbonyl (C=O) groups is 2. The number of carbonyl (C=O) groups excluding carboxylic acids is 2. The number of ether oxygens (including phenoxy) is 1. The van der Waals surface area contributed by atoms with Crippen LogP contribution in [0.3, 0.4) is 0 Å². The molecule has 0 radical (unpaired) electrons. The highest BCUT2D eigenvalue weighted by Gasteiger charge is 2.33. The first-order valence-electron chi connectivity index (χ1n) is 9.04. The van der Waals surface area contributed by atoms with E-state index >= 15 is 0 Å². The number of hydrogen-bond acceptors (Lipinski definition) is 6. The largest absolute Gasteiger partial charge is 0.454 e. The summed E-state index contributed by atoms with van der Waals surface area (Å²) in [7, 11) is 0. The maximum absolute atomic E-state index is 12.8. The Bertz CT molecular complexity index is 1010. The van der Waals surface area contributed by atoms with Crippen molar-refractivity contribution in [2.75, 3.05) is 17.2 Å². The molecule has 8 nitrogen and oxygen atoms in total. The van der Waals surface area contributed by atoms with Crippen molar-refractivity contribution < 1.29 is 32.4 Å². The third-order valence-electron chi connectivity index (χ3n) is 4.26. The number of amides is 1. The molecule has 0 aliphatic heterocycles. The first-order chi connectivity index (χ1) is 14.4. The standard InChI is InChI=1S/C20H20F3N3O5/c1-11-4-5-12(2)16(8-11)25-18(27)10-31-19(28)13(3)24-15-7-6-14(20(21,22)23)9-17(15)26(29)30/h4-9,13,24H,10H2,1-3H3,(H,25,27)/t13-/m0/s1. The van der Waals surface area contributed by atoms with Gasteiger partial charge in [-0.25, -0.2) is 4.79 Å². The van der Waals surface area contributed by atoms with Crippen molar-refractivity contribution in [2.24, 2.45) is 0 Å². The maximum Gasteiger partial charge on any atom is 0.416 e.